The zero-order valence-electron chi connectivity index (χ0n) is 12.8. The van der Waals surface area contributed by atoms with E-state index >= 15 is 0 Å². The van der Waals surface area contributed by atoms with Gasteiger partial charge in [-0.2, -0.15) is 0 Å². The number of hydrogen-bond acceptors (Lipinski definition) is 4. The highest BCUT2D eigenvalue weighted by molar-refractivity contribution is 7.91. The quantitative estimate of drug-likeness (QED) is 0.817. The summed E-state index contributed by atoms with van der Waals surface area (Å²) in [5.41, 5.74) is 0.464. The summed E-state index contributed by atoms with van der Waals surface area (Å²) in [6.07, 6.45) is -0.182. The summed E-state index contributed by atoms with van der Waals surface area (Å²) >= 11 is 11.8. The van der Waals surface area contributed by atoms with Crippen LogP contribution in [0.3, 0.4) is 0 Å². The molecule has 2 aromatic carbocycles. The molecule has 0 radical (unpaired) electrons. The Bertz CT molecular complexity index is 853. The second kappa shape index (κ2) is 7.88. The highest BCUT2D eigenvalue weighted by Crippen LogP contribution is 2.27. The van der Waals surface area contributed by atoms with Crippen LogP contribution < -0.4 is 10.1 Å². The standard InChI is InChI=1S/C16H15Cl2NO4S/c1-23-15-6-5-12(10-14(15)18)19-16(20)7-8-24(21,22)13-4-2-3-11(17)9-13/h2-6,9-10H,7-8H2,1H3,(H,19,20). The van der Waals surface area contributed by atoms with Crippen molar-refractivity contribution in [2.75, 3.05) is 18.2 Å². The fraction of sp³-hybridized carbons (Fsp3) is 0.188. The van der Waals surface area contributed by atoms with E-state index in [4.69, 9.17) is 27.9 Å². The first kappa shape index (κ1) is 18.6. The fourth-order valence-corrected chi connectivity index (χ4v) is 3.77. The Morgan fingerprint density at radius 3 is 2.54 bits per heavy atom. The van der Waals surface area contributed by atoms with Crippen LogP contribution in [0.15, 0.2) is 47.4 Å². The second-order valence-electron chi connectivity index (χ2n) is 4.92. The van der Waals surface area contributed by atoms with Gasteiger partial charge in [0.25, 0.3) is 0 Å². The molecular formula is C16H15Cl2NO4S. The Morgan fingerprint density at radius 2 is 1.92 bits per heavy atom. The maximum atomic E-state index is 12.2. The third kappa shape index (κ3) is 4.87. The maximum Gasteiger partial charge on any atom is 0.225 e. The van der Waals surface area contributed by atoms with Crippen LogP contribution in [0.1, 0.15) is 6.42 Å². The first-order chi connectivity index (χ1) is 11.3. The number of carbonyl (C=O) groups is 1. The van der Waals surface area contributed by atoms with Crippen LogP contribution in [-0.4, -0.2) is 27.2 Å². The number of amides is 1. The predicted octanol–water partition coefficient (Wildman–Crippen LogP) is 3.80. The van der Waals surface area contributed by atoms with Gasteiger partial charge in [-0.3, -0.25) is 4.79 Å². The van der Waals surface area contributed by atoms with Gasteiger partial charge < -0.3 is 10.1 Å². The van der Waals surface area contributed by atoms with Gasteiger partial charge in [0, 0.05) is 17.1 Å². The lowest BCUT2D eigenvalue weighted by Gasteiger charge is -2.08. The molecule has 0 aliphatic carbocycles. The lowest BCUT2D eigenvalue weighted by molar-refractivity contribution is -0.115. The zero-order valence-corrected chi connectivity index (χ0v) is 15.1. The van der Waals surface area contributed by atoms with E-state index in [0.717, 1.165) is 0 Å². The van der Waals surface area contributed by atoms with Gasteiger partial charge in [-0.15, -0.1) is 0 Å². The molecule has 0 bridgehead atoms. The van der Waals surface area contributed by atoms with Crippen LogP contribution in [0.2, 0.25) is 10.0 Å². The van der Waals surface area contributed by atoms with Crippen molar-refractivity contribution < 1.29 is 17.9 Å². The molecule has 0 heterocycles. The molecule has 0 atom stereocenters. The van der Waals surface area contributed by atoms with Gasteiger partial charge in [0.05, 0.1) is 22.8 Å². The van der Waals surface area contributed by atoms with Crippen molar-refractivity contribution >= 4 is 44.6 Å². The summed E-state index contributed by atoms with van der Waals surface area (Å²) in [4.78, 5) is 12.0. The first-order valence-corrected chi connectivity index (χ1v) is 9.34. The Balaban J connectivity index is 1.99. The molecule has 0 aliphatic rings. The molecule has 0 unspecified atom stereocenters. The molecule has 0 saturated carbocycles. The number of sulfone groups is 1. The molecule has 0 fully saturated rings. The summed E-state index contributed by atoms with van der Waals surface area (Å²) in [5, 5.41) is 3.28. The van der Waals surface area contributed by atoms with E-state index < -0.39 is 15.7 Å². The molecule has 0 saturated heterocycles. The van der Waals surface area contributed by atoms with Crippen molar-refractivity contribution in [2.24, 2.45) is 0 Å². The molecule has 5 nitrogen and oxygen atoms in total. The minimum atomic E-state index is -3.58. The van der Waals surface area contributed by atoms with Gasteiger partial charge in [-0.1, -0.05) is 29.3 Å². The van der Waals surface area contributed by atoms with Crippen LogP contribution in [-0.2, 0) is 14.6 Å². The molecular weight excluding hydrogens is 373 g/mol. The molecule has 1 N–H and O–H groups in total. The van der Waals surface area contributed by atoms with E-state index in [0.29, 0.717) is 21.5 Å². The topological polar surface area (TPSA) is 72.5 Å². The molecule has 8 heteroatoms. The number of rotatable bonds is 6. The van der Waals surface area contributed by atoms with Crippen molar-refractivity contribution in [2.45, 2.75) is 11.3 Å². The van der Waals surface area contributed by atoms with Crippen molar-refractivity contribution in [1.82, 2.24) is 0 Å². The summed E-state index contributed by atoms with van der Waals surface area (Å²) in [6, 6.07) is 10.7. The number of hydrogen-bond donors (Lipinski definition) is 1. The molecule has 1 amide bonds. The Hall–Kier alpha value is -1.76. The maximum absolute atomic E-state index is 12.2. The van der Waals surface area contributed by atoms with E-state index in [1.54, 1.807) is 24.3 Å². The average molecular weight is 388 g/mol. The van der Waals surface area contributed by atoms with Gasteiger partial charge in [-0.05, 0) is 36.4 Å². The van der Waals surface area contributed by atoms with Crippen molar-refractivity contribution in [1.29, 1.82) is 0 Å². The smallest absolute Gasteiger partial charge is 0.225 e. The summed E-state index contributed by atoms with van der Waals surface area (Å²) in [6.45, 7) is 0. The molecule has 24 heavy (non-hydrogen) atoms. The van der Waals surface area contributed by atoms with Crippen LogP contribution >= 0.6 is 23.2 Å². The molecule has 2 aromatic rings. The normalized spacial score (nSPS) is 11.1. The molecule has 0 aromatic heterocycles. The van der Waals surface area contributed by atoms with Crippen molar-refractivity contribution in [3.05, 3.63) is 52.5 Å². The Morgan fingerprint density at radius 1 is 1.17 bits per heavy atom. The number of anilines is 1. The SMILES string of the molecule is COc1ccc(NC(=O)CCS(=O)(=O)c2cccc(Cl)c2)cc1Cl. The third-order valence-corrected chi connectivity index (χ3v) is 5.43. The van der Waals surface area contributed by atoms with Crippen molar-refractivity contribution in [3.63, 3.8) is 0 Å². The number of benzene rings is 2. The monoisotopic (exact) mass is 387 g/mol. The fourth-order valence-electron chi connectivity index (χ4n) is 1.97. The molecule has 0 aliphatic heterocycles. The number of nitrogens with one attached hydrogen (secondary N) is 1. The van der Waals surface area contributed by atoms with Crippen LogP contribution in [0, 0.1) is 0 Å². The van der Waals surface area contributed by atoms with Gasteiger partial charge in [-0.25, -0.2) is 8.42 Å². The predicted molar refractivity (Wildman–Crippen MR) is 94.8 cm³/mol. The molecule has 2 rings (SSSR count). The second-order valence-corrected chi connectivity index (χ2v) is 7.88. The van der Waals surface area contributed by atoms with Gasteiger partial charge in [0.1, 0.15) is 5.75 Å². The van der Waals surface area contributed by atoms with E-state index in [1.165, 1.54) is 25.3 Å². The summed E-state index contributed by atoms with van der Waals surface area (Å²) < 4.78 is 29.4. The van der Waals surface area contributed by atoms with Gasteiger partial charge in [0.2, 0.25) is 5.91 Å². The van der Waals surface area contributed by atoms with E-state index in [-0.39, 0.29) is 17.1 Å². The highest BCUT2D eigenvalue weighted by Gasteiger charge is 2.17. The number of ether oxygens (including phenoxy) is 1. The number of methoxy groups -OCH3 is 1. The Labute approximate surface area is 150 Å². The van der Waals surface area contributed by atoms with Gasteiger partial charge in [0.15, 0.2) is 9.84 Å². The molecule has 128 valence electrons. The van der Waals surface area contributed by atoms with Crippen LogP contribution in [0.4, 0.5) is 5.69 Å². The highest BCUT2D eigenvalue weighted by atomic mass is 35.5. The molecule has 0 spiro atoms. The lowest BCUT2D eigenvalue weighted by Crippen LogP contribution is -2.17. The summed E-state index contributed by atoms with van der Waals surface area (Å²) in [7, 11) is -2.09. The van der Waals surface area contributed by atoms with E-state index in [1.807, 2.05) is 0 Å². The summed E-state index contributed by atoms with van der Waals surface area (Å²) in [5.74, 6) is -0.261. The van der Waals surface area contributed by atoms with Crippen LogP contribution in [0.25, 0.3) is 0 Å². The lowest BCUT2D eigenvalue weighted by atomic mass is 10.3. The first-order valence-electron chi connectivity index (χ1n) is 6.93. The average Bonchev–Trinajstić information content (AvgIpc) is 2.53. The largest absolute Gasteiger partial charge is 0.495 e. The van der Waals surface area contributed by atoms with Crippen molar-refractivity contribution in [3.8, 4) is 5.75 Å². The zero-order chi connectivity index (χ0) is 17.7. The number of carbonyl (C=O) groups excluding carboxylic acids is 1. The third-order valence-electron chi connectivity index (χ3n) is 3.19. The van der Waals surface area contributed by atoms with E-state index in [2.05, 4.69) is 5.32 Å². The number of halogens is 2. The minimum Gasteiger partial charge on any atom is -0.495 e. The van der Waals surface area contributed by atoms with E-state index in [9.17, 15) is 13.2 Å². The minimum absolute atomic E-state index is 0.0929. The Kier molecular flexibility index (Phi) is 6.10. The van der Waals surface area contributed by atoms with Gasteiger partial charge >= 0.3 is 0 Å². The van der Waals surface area contributed by atoms with Crippen LogP contribution in [0.5, 0.6) is 5.75 Å².